The number of nitrogens with zero attached hydrogens (tertiary/aromatic N) is 2. The highest BCUT2D eigenvalue weighted by molar-refractivity contribution is 4.87. The molecule has 3 nitrogen and oxygen atoms in total. The van der Waals surface area contributed by atoms with Gasteiger partial charge in [0.05, 0.1) is 0 Å². The summed E-state index contributed by atoms with van der Waals surface area (Å²) in [6.45, 7) is 7.78. The Kier molecular flexibility index (Phi) is 5.75. The molecule has 0 radical (unpaired) electrons. The molecule has 0 atom stereocenters. The van der Waals surface area contributed by atoms with Gasteiger partial charge < -0.3 is 10.2 Å². The Labute approximate surface area is 107 Å². The Morgan fingerprint density at radius 2 is 1.65 bits per heavy atom. The van der Waals surface area contributed by atoms with Gasteiger partial charge in [0, 0.05) is 32.2 Å². The van der Waals surface area contributed by atoms with E-state index in [1.165, 1.54) is 77.8 Å². The maximum Gasteiger partial charge on any atom is 0.0113 e. The molecule has 0 aromatic heterocycles. The lowest BCUT2D eigenvalue weighted by Crippen LogP contribution is -2.47. The Morgan fingerprint density at radius 1 is 0.941 bits per heavy atom. The molecule has 2 rings (SSSR count). The fourth-order valence-corrected chi connectivity index (χ4v) is 2.78. The Bertz CT molecular complexity index is 196. The van der Waals surface area contributed by atoms with Gasteiger partial charge >= 0.3 is 0 Å². The molecule has 0 amide bonds. The number of piperazine rings is 1. The van der Waals surface area contributed by atoms with Crippen LogP contribution in [-0.4, -0.2) is 62.2 Å². The highest BCUT2D eigenvalue weighted by atomic mass is 15.3. The zero-order valence-electron chi connectivity index (χ0n) is 11.5. The number of unbranched alkanes of at least 4 members (excludes halogenated alkanes) is 3. The van der Waals surface area contributed by atoms with Crippen molar-refractivity contribution in [1.82, 2.24) is 15.1 Å². The molecule has 100 valence electrons. The minimum atomic E-state index is 0.971. The maximum atomic E-state index is 3.21. The molecule has 1 aliphatic heterocycles. The quantitative estimate of drug-likeness (QED) is 0.648. The molecule has 0 aromatic rings. The second-order valence-electron chi connectivity index (χ2n) is 5.63. The van der Waals surface area contributed by atoms with Crippen LogP contribution in [0, 0.1) is 0 Å². The van der Waals surface area contributed by atoms with Gasteiger partial charge in [-0.25, -0.2) is 0 Å². The van der Waals surface area contributed by atoms with E-state index < -0.39 is 0 Å². The molecule has 17 heavy (non-hydrogen) atoms. The lowest BCUT2D eigenvalue weighted by atomic mass is 10.2. The van der Waals surface area contributed by atoms with Crippen molar-refractivity contribution in [2.45, 2.75) is 44.6 Å². The van der Waals surface area contributed by atoms with Crippen molar-refractivity contribution in [2.75, 3.05) is 46.3 Å². The summed E-state index contributed by atoms with van der Waals surface area (Å²) in [7, 11) is 2.04. The van der Waals surface area contributed by atoms with Crippen LogP contribution in [0.1, 0.15) is 38.5 Å². The summed E-state index contributed by atoms with van der Waals surface area (Å²) in [5, 5.41) is 3.21. The number of rotatable bonds is 8. The third-order valence-corrected chi connectivity index (χ3v) is 4.12. The van der Waals surface area contributed by atoms with Crippen molar-refractivity contribution in [3.63, 3.8) is 0 Å². The van der Waals surface area contributed by atoms with Gasteiger partial charge in [0.15, 0.2) is 0 Å². The van der Waals surface area contributed by atoms with Crippen LogP contribution in [0.25, 0.3) is 0 Å². The first-order valence-electron chi connectivity index (χ1n) is 7.51. The van der Waals surface area contributed by atoms with Crippen molar-refractivity contribution in [3.05, 3.63) is 0 Å². The molecule has 2 aliphatic rings. The summed E-state index contributed by atoms with van der Waals surface area (Å²) in [6, 6.07) is 0.971. The van der Waals surface area contributed by atoms with E-state index in [9.17, 15) is 0 Å². The SMILES string of the molecule is CNCCCCCCN1CCN(C2CC2)CC1. The zero-order chi connectivity index (χ0) is 11.9. The molecule has 1 saturated heterocycles. The van der Waals surface area contributed by atoms with Gasteiger partial charge in [0.1, 0.15) is 0 Å². The summed E-state index contributed by atoms with van der Waals surface area (Å²) in [6.07, 6.45) is 8.46. The predicted octanol–water partition coefficient (Wildman–Crippen LogP) is 1.55. The third kappa shape index (κ3) is 4.94. The highest BCUT2D eigenvalue weighted by Gasteiger charge is 2.30. The van der Waals surface area contributed by atoms with Crippen molar-refractivity contribution in [1.29, 1.82) is 0 Å². The number of hydrogen-bond donors (Lipinski definition) is 1. The van der Waals surface area contributed by atoms with Gasteiger partial charge in [-0.1, -0.05) is 12.8 Å². The maximum absolute atomic E-state index is 3.21. The van der Waals surface area contributed by atoms with E-state index in [2.05, 4.69) is 15.1 Å². The van der Waals surface area contributed by atoms with Crippen LogP contribution < -0.4 is 5.32 Å². The molecule has 0 unspecified atom stereocenters. The van der Waals surface area contributed by atoms with Crippen LogP contribution in [0.4, 0.5) is 0 Å². The minimum Gasteiger partial charge on any atom is -0.320 e. The summed E-state index contributed by atoms with van der Waals surface area (Å²) in [5.74, 6) is 0. The molecule has 0 aromatic carbocycles. The first-order valence-corrected chi connectivity index (χ1v) is 7.51. The van der Waals surface area contributed by atoms with E-state index in [-0.39, 0.29) is 0 Å². The van der Waals surface area contributed by atoms with Crippen LogP contribution in [0.15, 0.2) is 0 Å². The topological polar surface area (TPSA) is 18.5 Å². The van der Waals surface area contributed by atoms with E-state index in [0.29, 0.717) is 0 Å². The van der Waals surface area contributed by atoms with Crippen molar-refractivity contribution in [3.8, 4) is 0 Å². The van der Waals surface area contributed by atoms with E-state index in [1.54, 1.807) is 0 Å². The van der Waals surface area contributed by atoms with Crippen molar-refractivity contribution >= 4 is 0 Å². The summed E-state index contributed by atoms with van der Waals surface area (Å²) in [5.41, 5.74) is 0. The third-order valence-electron chi connectivity index (χ3n) is 4.12. The average molecular weight is 239 g/mol. The minimum absolute atomic E-state index is 0.971. The smallest absolute Gasteiger partial charge is 0.0113 e. The fraction of sp³-hybridized carbons (Fsp3) is 1.00. The fourth-order valence-electron chi connectivity index (χ4n) is 2.78. The van der Waals surface area contributed by atoms with Gasteiger partial charge in [-0.15, -0.1) is 0 Å². The van der Waals surface area contributed by atoms with Crippen molar-refractivity contribution in [2.24, 2.45) is 0 Å². The largest absolute Gasteiger partial charge is 0.320 e. The number of hydrogen-bond acceptors (Lipinski definition) is 3. The standard InChI is InChI=1S/C14H29N3/c1-15-8-4-2-3-5-9-16-10-12-17(13-11-16)14-6-7-14/h14-15H,2-13H2,1H3. The van der Waals surface area contributed by atoms with E-state index >= 15 is 0 Å². The number of nitrogens with one attached hydrogen (secondary N) is 1. The van der Waals surface area contributed by atoms with Crippen LogP contribution >= 0.6 is 0 Å². The lowest BCUT2D eigenvalue weighted by Gasteiger charge is -2.34. The first kappa shape index (κ1) is 13.3. The van der Waals surface area contributed by atoms with Crippen LogP contribution in [0.5, 0.6) is 0 Å². The van der Waals surface area contributed by atoms with Crippen LogP contribution in [-0.2, 0) is 0 Å². The molecule has 2 fully saturated rings. The first-order chi connectivity index (χ1) is 8.40. The Hall–Kier alpha value is -0.120. The van der Waals surface area contributed by atoms with E-state index in [1.807, 2.05) is 7.05 Å². The normalized spacial score (nSPS) is 23.1. The summed E-state index contributed by atoms with van der Waals surface area (Å²) < 4.78 is 0. The Morgan fingerprint density at radius 3 is 2.29 bits per heavy atom. The monoisotopic (exact) mass is 239 g/mol. The molecule has 1 aliphatic carbocycles. The van der Waals surface area contributed by atoms with Gasteiger partial charge in [0.25, 0.3) is 0 Å². The zero-order valence-corrected chi connectivity index (χ0v) is 11.5. The lowest BCUT2D eigenvalue weighted by molar-refractivity contribution is 0.125. The highest BCUT2D eigenvalue weighted by Crippen LogP contribution is 2.27. The second kappa shape index (κ2) is 7.34. The Balaban J connectivity index is 1.44. The van der Waals surface area contributed by atoms with Crippen molar-refractivity contribution < 1.29 is 0 Å². The molecule has 1 saturated carbocycles. The molecular weight excluding hydrogens is 210 g/mol. The molecule has 1 N–H and O–H groups in total. The van der Waals surface area contributed by atoms with E-state index in [4.69, 9.17) is 0 Å². The van der Waals surface area contributed by atoms with Gasteiger partial charge in [0.2, 0.25) is 0 Å². The second-order valence-corrected chi connectivity index (χ2v) is 5.63. The van der Waals surface area contributed by atoms with Gasteiger partial charge in [-0.2, -0.15) is 0 Å². The molecule has 0 bridgehead atoms. The predicted molar refractivity (Wildman–Crippen MR) is 73.4 cm³/mol. The average Bonchev–Trinajstić information content (AvgIpc) is 3.19. The summed E-state index contributed by atoms with van der Waals surface area (Å²) >= 11 is 0. The molecule has 3 heteroatoms. The van der Waals surface area contributed by atoms with Gasteiger partial charge in [-0.3, -0.25) is 4.90 Å². The van der Waals surface area contributed by atoms with Crippen LogP contribution in [0.3, 0.4) is 0 Å². The molecule has 0 spiro atoms. The summed E-state index contributed by atoms with van der Waals surface area (Å²) in [4.78, 5) is 5.36. The van der Waals surface area contributed by atoms with E-state index in [0.717, 1.165) is 6.04 Å². The molecule has 1 heterocycles. The van der Waals surface area contributed by atoms with Crippen LogP contribution in [0.2, 0.25) is 0 Å². The van der Waals surface area contributed by atoms with Gasteiger partial charge in [-0.05, 0) is 45.8 Å². The molecular formula is C14H29N3.